The van der Waals surface area contributed by atoms with Crippen LogP contribution in [0.4, 0.5) is 4.79 Å². The molecule has 0 aliphatic rings. The molecule has 1 rings (SSSR count). The minimum Gasteiger partial charge on any atom is -0.388 e. The van der Waals surface area contributed by atoms with E-state index < -0.39 is 6.09 Å². The average molecular weight is 128 g/mol. The lowest BCUT2D eigenvalue weighted by Crippen LogP contribution is -2.16. The molecule has 5 nitrogen and oxygen atoms in total. The Balaban J connectivity index is 2.58. The molecule has 0 saturated carbocycles. The Bertz CT molecular complexity index is 194. The van der Waals surface area contributed by atoms with Gasteiger partial charge in [0.2, 0.25) is 0 Å². The summed E-state index contributed by atoms with van der Waals surface area (Å²) >= 11 is 0. The quantitative estimate of drug-likeness (QED) is 0.583. The van der Waals surface area contributed by atoms with Crippen molar-refractivity contribution in [2.45, 2.75) is 0 Å². The van der Waals surface area contributed by atoms with Crippen LogP contribution in [-0.2, 0) is 0 Å². The molecule has 0 radical (unpaired) electrons. The Hall–Kier alpha value is -1.52. The summed E-state index contributed by atoms with van der Waals surface area (Å²) in [5, 5.41) is 3.26. The molecule has 0 bridgehead atoms. The maximum absolute atomic E-state index is 9.98. The van der Waals surface area contributed by atoms with Gasteiger partial charge in [0.25, 0.3) is 5.88 Å². The molecule has 0 aliphatic carbocycles. The molecule has 1 aromatic rings. The maximum Gasteiger partial charge on any atom is 0.411 e. The number of rotatable bonds is 1. The first kappa shape index (κ1) is 5.61. The molecule has 9 heavy (non-hydrogen) atoms. The second-order valence-electron chi connectivity index (χ2n) is 1.26. The summed E-state index contributed by atoms with van der Waals surface area (Å²) in [6.07, 6.45) is 0.377. The summed E-state index contributed by atoms with van der Waals surface area (Å²) in [7, 11) is 0. The Morgan fingerprint density at radius 2 is 2.67 bits per heavy atom. The molecule has 1 aromatic heterocycles. The zero-order chi connectivity index (χ0) is 6.69. The van der Waals surface area contributed by atoms with Crippen molar-refractivity contribution in [2.24, 2.45) is 5.73 Å². The van der Waals surface area contributed by atoms with Gasteiger partial charge in [-0.15, -0.1) is 0 Å². The number of ether oxygens (including phenoxy) is 1. The third kappa shape index (κ3) is 1.45. The van der Waals surface area contributed by atoms with Gasteiger partial charge in [-0.1, -0.05) is 0 Å². The molecule has 1 heterocycles. The summed E-state index contributed by atoms with van der Waals surface area (Å²) in [6.45, 7) is 0. The van der Waals surface area contributed by atoms with Crippen LogP contribution in [0.3, 0.4) is 0 Å². The largest absolute Gasteiger partial charge is 0.411 e. The molecule has 0 aromatic carbocycles. The van der Waals surface area contributed by atoms with Gasteiger partial charge in [-0.05, 0) is 5.16 Å². The number of aromatic nitrogens is 1. The van der Waals surface area contributed by atoms with E-state index in [0.717, 1.165) is 0 Å². The lowest BCUT2D eigenvalue weighted by Gasteiger charge is -1.88. The van der Waals surface area contributed by atoms with Gasteiger partial charge in [-0.25, -0.2) is 4.79 Å². The second-order valence-corrected chi connectivity index (χ2v) is 1.26. The summed E-state index contributed by atoms with van der Waals surface area (Å²) in [4.78, 5) is 9.98. The molecule has 0 fully saturated rings. The lowest BCUT2D eigenvalue weighted by atomic mass is 10.7. The van der Waals surface area contributed by atoms with Crippen molar-refractivity contribution in [3.63, 3.8) is 0 Å². The number of primary amides is 1. The van der Waals surface area contributed by atoms with Crippen molar-refractivity contribution < 1.29 is 14.1 Å². The molecular formula is C4H4N2O3. The van der Waals surface area contributed by atoms with Crippen molar-refractivity contribution in [3.05, 3.63) is 12.3 Å². The smallest absolute Gasteiger partial charge is 0.388 e. The van der Waals surface area contributed by atoms with Crippen LogP contribution in [-0.4, -0.2) is 11.2 Å². The normalized spacial score (nSPS) is 8.89. The Kier molecular flexibility index (Phi) is 1.35. The highest BCUT2D eigenvalue weighted by Gasteiger charge is 1.98. The molecule has 0 saturated heterocycles. The standard InChI is InChI=1S/C4H4N2O3/c5-4(7)9-3-1-2-8-6-3/h1-2H,(H2,5,7). The maximum atomic E-state index is 9.98. The fourth-order valence-corrected chi connectivity index (χ4v) is 0.357. The minimum absolute atomic E-state index is 0.0718. The van der Waals surface area contributed by atoms with Crippen LogP contribution in [0.15, 0.2) is 16.9 Å². The van der Waals surface area contributed by atoms with E-state index in [0.29, 0.717) is 0 Å². The monoisotopic (exact) mass is 128 g/mol. The zero-order valence-electron chi connectivity index (χ0n) is 4.40. The summed E-state index contributed by atoms with van der Waals surface area (Å²) < 4.78 is 8.62. The lowest BCUT2D eigenvalue weighted by molar-refractivity contribution is 0.206. The van der Waals surface area contributed by atoms with Crippen LogP contribution >= 0.6 is 0 Å². The van der Waals surface area contributed by atoms with Gasteiger partial charge in [-0.2, -0.15) is 0 Å². The first-order valence-electron chi connectivity index (χ1n) is 2.16. The number of carbonyl (C=O) groups excluding carboxylic acids is 1. The number of hydrogen-bond acceptors (Lipinski definition) is 4. The number of nitrogens with two attached hydrogens (primary N) is 1. The van der Waals surface area contributed by atoms with Crippen molar-refractivity contribution in [1.82, 2.24) is 5.16 Å². The van der Waals surface area contributed by atoms with Crippen LogP contribution in [0.5, 0.6) is 5.88 Å². The fourth-order valence-electron chi connectivity index (χ4n) is 0.357. The van der Waals surface area contributed by atoms with Gasteiger partial charge in [-0.3, -0.25) is 0 Å². The Morgan fingerprint density at radius 1 is 1.89 bits per heavy atom. The predicted octanol–water partition coefficient (Wildman–Crippen LogP) is 0.132. The van der Waals surface area contributed by atoms with Crippen LogP contribution < -0.4 is 10.5 Å². The van der Waals surface area contributed by atoms with Crippen LogP contribution in [0, 0.1) is 0 Å². The minimum atomic E-state index is -0.899. The van der Waals surface area contributed by atoms with Gasteiger partial charge in [0.05, 0.1) is 0 Å². The molecule has 0 unspecified atom stereocenters. The van der Waals surface area contributed by atoms with Crippen molar-refractivity contribution in [1.29, 1.82) is 0 Å². The predicted molar refractivity (Wildman–Crippen MR) is 26.7 cm³/mol. The van der Waals surface area contributed by atoms with E-state index in [2.05, 4.69) is 20.2 Å². The van der Waals surface area contributed by atoms with E-state index in [4.69, 9.17) is 0 Å². The molecule has 0 atom stereocenters. The van der Waals surface area contributed by atoms with E-state index in [1.165, 1.54) is 12.3 Å². The van der Waals surface area contributed by atoms with Crippen molar-refractivity contribution >= 4 is 6.09 Å². The molecule has 48 valence electrons. The van der Waals surface area contributed by atoms with Crippen molar-refractivity contribution in [2.75, 3.05) is 0 Å². The summed E-state index contributed by atoms with van der Waals surface area (Å²) in [5.74, 6) is 0.0718. The fraction of sp³-hybridized carbons (Fsp3) is 0. The van der Waals surface area contributed by atoms with Crippen LogP contribution in [0.25, 0.3) is 0 Å². The average Bonchev–Trinajstić information content (AvgIpc) is 2.15. The number of carbonyl (C=O) groups is 1. The molecule has 2 N–H and O–H groups in total. The zero-order valence-corrected chi connectivity index (χ0v) is 4.40. The van der Waals surface area contributed by atoms with Gasteiger partial charge in [0.1, 0.15) is 6.26 Å². The first-order valence-corrected chi connectivity index (χ1v) is 2.16. The number of hydrogen-bond donors (Lipinski definition) is 1. The van der Waals surface area contributed by atoms with E-state index in [1.807, 2.05) is 0 Å². The van der Waals surface area contributed by atoms with Gasteiger partial charge in [0, 0.05) is 6.07 Å². The molecule has 0 spiro atoms. The van der Waals surface area contributed by atoms with Gasteiger partial charge in [0.15, 0.2) is 0 Å². The van der Waals surface area contributed by atoms with Crippen LogP contribution in [0.1, 0.15) is 0 Å². The third-order valence-electron chi connectivity index (χ3n) is 0.619. The van der Waals surface area contributed by atoms with Gasteiger partial charge >= 0.3 is 6.09 Å². The third-order valence-corrected chi connectivity index (χ3v) is 0.619. The SMILES string of the molecule is NC(=O)Oc1ccon1. The highest BCUT2D eigenvalue weighted by molar-refractivity contribution is 5.67. The second kappa shape index (κ2) is 2.17. The number of amides is 1. The molecule has 1 amide bonds. The Labute approximate surface area is 50.4 Å². The highest BCUT2D eigenvalue weighted by Crippen LogP contribution is 2.02. The van der Waals surface area contributed by atoms with E-state index >= 15 is 0 Å². The first-order chi connectivity index (χ1) is 4.29. The summed E-state index contributed by atoms with van der Waals surface area (Å²) in [5.41, 5.74) is 4.64. The van der Waals surface area contributed by atoms with Crippen molar-refractivity contribution in [3.8, 4) is 5.88 Å². The van der Waals surface area contributed by atoms with E-state index in [-0.39, 0.29) is 5.88 Å². The van der Waals surface area contributed by atoms with Crippen LogP contribution in [0.2, 0.25) is 0 Å². The topological polar surface area (TPSA) is 78.4 Å². The molecule has 5 heteroatoms. The molecular weight excluding hydrogens is 124 g/mol. The number of nitrogens with zero attached hydrogens (tertiary/aromatic N) is 1. The van der Waals surface area contributed by atoms with E-state index in [1.54, 1.807) is 0 Å². The molecule has 0 aliphatic heterocycles. The highest BCUT2D eigenvalue weighted by atomic mass is 16.6. The Morgan fingerprint density at radius 3 is 3.11 bits per heavy atom. The van der Waals surface area contributed by atoms with Gasteiger partial charge < -0.3 is 15.0 Å². The van der Waals surface area contributed by atoms with E-state index in [9.17, 15) is 4.79 Å². The summed E-state index contributed by atoms with van der Waals surface area (Å²) in [6, 6.07) is 1.38.